The van der Waals surface area contributed by atoms with E-state index in [4.69, 9.17) is 4.55 Å². The lowest BCUT2D eigenvalue weighted by Gasteiger charge is -2.38. The summed E-state index contributed by atoms with van der Waals surface area (Å²) < 4.78 is 31.1. The number of allylic oxidation sites excluding steroid dienone is 2. The SMILES string of the molecule is CCCCCCCCCCCC[N+]1(C[N+]2(C)CCCC2=O)C=CC=CS1.Cc1ccc(S(=O)(=O)O)cc1. The van der Waals surface area contributed by atoms with Gasteiger partial charge in [-0.3, -0.25) is 4.55 Å². The zero-order chi connectivity index (χ0) is 27.2. The summed E-state index contributed by atoms with van der Waals surface area (Å²) in [6, 6.07) is 5.99. The number of quaternary nitrogens is 2. The summed E-state index contributed by atoms with van der Waals surface area (Å²) in [6.45, 7) is 7.18. The number of amides is 1. The van der Waals surface area contributed by atoms with Gasteiger partial charge in [-0.1, -0.05) is 76.0 Å². The van der Waals surface area contributed by atoms with Crippen molar-refractivity contribution in [3.05, 3.63) is 53.6 Å². The fourth-order valence-corrected chi connectivity index (χ4v) is 6.53. The Labute approximate surface area is 229 Å². The lowest BCUT2D eigenvalue weighted by molar-refractivity contribution is -0.974. The maximum Gasteiger partial charge on any atom is 0.318 e. The number of rotatable bonds is 14. The maximum absolute atomic E-state index is 12.4. The molecule has 1 N–H and O–H groups in total. The average molecular weight is 553 g/mol. The van der Waals surface area contributed by atoms with Crippen LogP contribution in [0.15, 0.2) is 52.9 Å². The first-order chi connectivity index (χ1) is 17.6. The van der Waals surface area contributed by atoms with Crippen molar-refractivity contribution in [3.63, 3.8) is 0 Å². The minimum atomic E-state index is -4.02. The smallest absolute Gasteiger partial charge is 0.282 e. The normalized spacial score (nSPS) is 23.2. The predicted molar refractivity (Wildman–Crippen MR) is 154 cm³/mol. The van der Waals surface area contributed by atoms with E-state index >= 15 is 0 Å². The molecule has 2 unspecified atom stereocenters. The van der Waals surface area contributed by atoms with E-state index < -0.39 is 10.1 Å². The van der Waals surface area contributed by atoms with Gasteiger partial charge in [0.1, 0.15) is 18.1 Å². The Morgan fingerprint density at radius 1 is 0.919 bits per heavy atom. The average Bonchev–Trinajstić information content (AvgIpc) is 3.18. The zero-order valence-electron chi connectivity index (χ0n) is 23.1. The molecule has 1 aromatic carbocycles. The molecule has 2 aliphatic rings. The molecule has 1 amide bonds. The summed E-state index contributed by atoms with van der Waals surface area (Å²) in [7, 11) is -1.88. The van der Waals surface area contributed by atoms with Crippen LogP contribution in [-0.4, -0.2) is 54.1 Å². The number of benzene rings is 1. The highest BCUT2D eigenvalue weighted by Gasteiger charge is 2.45. The molecule has 1 fully saturated rings. The van der Waals surface area contributed by atoms with E-state index in [-0.39, 0.29) is 4.90 Å². The topological polar surface area (TPSA) is 71.4 Å². The van der Waals surface area contributed by atoms with Crippen LogP contribution in [0, 0.1) is 6.92 Å². The Bertz CT molecular complexity index is 992. The molecule has 0 bridgehead atoms. The number of carbonyl (C=O) groups is 1. The van der Waals surface area contributed by atoms with Crippen LogP contribution in [0.4, 0.5) is 0 Å². The summed E-state index contributed by atoms with van der Waals surface area (Å²) in [5.74, 6) is 0.425. The molecule has 6 nitrogen and oxygen atoms in total. The molecular weight excluding hydrogens is 504 g/mol. The third-order valence-corrected chi connectivity index (χ3v) is 9.21. The van der Waals surface area contributed by atoms with Crippen molar-refractivity contribution in [1.29, 1.82) is 0 Å². The van der Waals surface area contributed by atoms with Gasteiger partial charge in [0.2, 0.25) is 6.67 Å². The van der Waals surface area contributed by atoms with Crippen molar-refractivity contribution in [2.45, 2.75) is 95.8 Å². The number of aryl methyl sites for hydroxylation is 1. The van der Waals surface area contributed by atoms with Gasteiger partial charge < -0.3 is 0 Å². The van der Waals surface area contributed by atoms with Crippen molar-refractivity contribution in [3.8, 4) is 0 Å². The molecule has 0 aliphatic carbocycles. The van der Waals surface area contributed by atoms with E-state index in [0.717, 1.165) is 42.1 Å². The van der Waals surface area contributed by atoms with Gasteiger partial charge in [0.15, 0.2) is 0 Å². The second-order valence-electron chi connectivity index (χ2n) is 10.7. The summed E-state index contributed by atoms with van der Waals surface area (Å²) in [5.41, 5.74) is 0.956. The molecule has 8 heteroatoms. The van der Waals surface area contributed by atoms with Gasteiger partial charge >= 0.3 is 5.91 Å². The summed E-state index contributed by atoms with van der Waals surface area (Å²) in [4.78, 5) is 12.3. The first-order valence-electron chi connectivity index (χ1n) is 13.9. The third-order valence-electron chi connectivity index (χ3n) is 7.22. The molecule has 1 saturated heterocycles. The Morgan fingerprint density at radius 3 is 2.00 bits per heavy atom. The van der Waals surface area contributed by atoms with E-state index in [9.17, 15) is 13.2 Å². The Balaban J connectivity index is 0.000000364. The molecule has 0 aromatic heterocycles. The molecule has 2 atom stereocenters. The number of hydrogen-bond donors (Lipinski definition) is 1. The molecule has 0 saturated carbocycles. The van der Waals surface area contributed by atoms with Crippen LogP contribution in [0.2, 0.25) is 0 Å². The van der Waals surface area contributed by atoms with E-state index in [0.29, 0.717) is 10.4 Å². The van der Waals surface area contributed by atoms with Crippen LogP contribution >= 0.6 is 11.9 Å². The Hall–Kier alpha value is -1.45. The van der Waals surface area contributed by atoms with Gasteiger partial charge in [-0.2, -0.15) is 12.3 Å². The third kappa shape index (κ3) is 11.4. The molecule has 0 spiro atoms. The monoisotopic (exact) mass is 552 g/mol. The minimum Gasteiger partial charge on any atom is -0.282 e. The second kappa shape index (κ2) is 15.8. The van der Waals surface area contributed by atoms with Crippen LogP contribution < -0.4 is 0 Å². The Morgan fingerprint density at radius 2 is 1.51 bits per heavy atom. The molecular formula is C29H48N2O4S2+2. The van der Waals surface area contributed by atoms with E-state index in [1.807, 2.05) is 18.9 Å². The molecule has 2 heterocycles. The fourth-order valence-electron chi connectivity index (χ4n) is 4.95. The predicted octanol–water partition coefficient (Wildman–Crippen LogP) is 7.38. The van der Waals surface area contributed by atoms with Gasteiger partial charge in [-0.15, -0.1) is 0 Å². The number of hydrogen-bond acceptors (Lipinski definition) is 4. The highest BCUT2D eigenvalue weighted by Crippen LogP contribution is 2.34. The van der Waals surface area contributed by atoms with Gasteiger partial charge in [0.25, 0.3) is 10.1 Å². The molecule has 3 rings (SSSR count). The molecule has 1 aromatic rings. The fraction of sp³-hybridized carbons (Fsp3) is 0.621. The highest BCUT2D eigenvalue weighted by molar-refractivity contribution is 7.96. The van der Waals surface area contributed by atoms with Crippen molar-refractivity contribution >= 4 is 28.0 Å². The van der Waals surface area contributed by atoms with E-state index in [1.54, 1.807) is 12.1 Å². The van der Waals surface area contributed by atoms with E-state index in [1.165, 1.54) is 76.3 Å². The number of nitrogens with zero attached hydrogens (tertiary/aromatic N) is 2. The number of unbranched alkanes of at least 4 members (excludes halogenated alkanes) is 9. The molecule has 0 radical (unpaired) electrons. The standard InChI is InChI=1S/C22H40N2OS.C7H8O3S/c1-3-4-5-6-7-8-9-10-11-12-18-24(19-13-14-20-26-24)21-23(2)17-15-16-22(23)25;1-6-2-4-7(5-3-6)11(8,9)10/h13-14,19-20H,3-12,15-18,21H2,1-2H3;2-5H,1H3,(H,8,9,10)/q+2;. The minimum absolute atomic E-state index is 0.0666. The van der Waals surface area contributed by atoms with Crippen LogP contribution in [0.3, 0.4) is 0 Å². The first kappa shape index (κ1) is 31.8. The molecule has 37 heavy (non-hydrogen) atoms. The summed E-state index contributed by atoms with van der Waals surface area (Å²) in [6.07, 6.45) is 22.2. The molecule has 2 aliphatic heterocycles. The quantitative estimate of drug-likeness (QED) is 0.113. The van der Waals surface area contributed by atoms with E-state index in [2.05, 4.69) is 37.7 Å². The first-order valence-corrected chi connectivity index (χ1v) is 16.2. The second-order valence-corrected chi connectivity index (χ2v) is 13.3. The number of carbonyl (C=O) groups excluding carboxylic acids is 1. The summed E-state index contributed by atoms with van der Waals surface area (Å²) >= 11 is 1.88. The Kier molecular flexibility index (Phi) is 13.6. The zero-order valence-corrected chi connectivity index (χ0v) is 24.7. The van der Waals surface area contributed by atoms with Gasteiger partial charge in [0, 0.05) is 11.8 Å². The highest BCUT2D eigenvalue weighted by atomic mass is 32.2. The van der Waals surface area contributed by atoms with Gasteiger partial charge in [-0.05, 0) is 44.1 Å². The van der Waals surface area contributed by atoms with Crippen molar-refractivity contribution in [2.24, 2.45) is 0 Å². The largest absolute Gasteiger partial charge is 0.318 e. The van der Waals surface area contributed by atoms with Crippen LogP contribution in [-0.2, 0) is 14.9 Å². The van der Waals surface area contributed by atoms with Crippen LogP contribution in [0.1, 0.15) is 89.5 Å². The van der Waals surface area contributed by atoms with Crippen molar-refractivity contribution in [2.75, 3.05) is 26.8 Å². The van der Waals surface area contributed by atoms with Crippen LogP contribution in [0.25, 0.3) is 0 Å². The maximum atomic E-state index is 12.4. The van der Waals surface area contributed by atoms with Crippen LogP contribution in [0.5, 0.6) is 0 Å². The number of likely N-dealkylation sites (tertiary alicyclic amines) is 1. The lowest BCUT2D eigenvalue weighted by atomic mass is 10.1. The molecule has 208 valence electrons. The van der Waals surface area contributed by atoms with Gasteiger partial charge in [-0.25, -0.2) is 9.28 Å². The lowest BCUT2D eigenvalue weighted by Crippen LogP contribution is -2.56. The van der Waals surface area contributed by atoms with Crippen molar-refractivity contribution < 1.29 is 26.1 Å². The summed E-state index contributed by atoms with van der Waals surface area (Å²) in [5, 5.41) is 2.20. The van der Waals surface area contributed by atoms with Gasteiger partial charge in [0.05, 0.1) is 31.5 Å². The van der Waals surface area contributed by atoms with Crippen molar-refractivity contribution in [1.82, 2.24) is 0 Å².